The van der Waals surface area contributed by atoms with E-state index in [0.29, 0.717) is 38.8 Å². The Morgan fingerprint density at radius 1 is 1.00 bits per heavy atom. The van der Waals surface area contributed by atoms with Crippen molar-refractivity contribution in [1.82, 2.24) is 4.98 Å². The van der Waals surface area contributed by atoms with Crippen molar-refractivity contribution in [3.8, 4) is 11.3 Å². The van der Waals surface area contributed by atoms with Gasteiger partial charge in [0.05, 0.1) is 16.5 Å². The monoisotopic (exact) mass is 525 g/mol. The number of hydrogen-bond acceptors (Lipinski definition) is 5. The van der Waals surface area contributed by atoms with Crippen molar-refractivity contribution >= 4 is 44.6 Å². The summed E-state index contributed by atoms with van der Waals surface area (Å²) >= 11 is 6.35. The molecule has 0 atom stereocenters. The van der Waals surface area contributed by atoms with Crippen LogP contribution in [0.3, 0.4) is 0 Å². The normalized spacial score (nSPS) is 14.3. The van der Waals surface area contributed by atoms with Crippen LogP contribution in [-0.2, 0) is 20.4 Å². The summed E-state index contributed by atoms with van der Waals surface area (Å²) in [5.41, 5.74) is 2.96. The average Bonchev–Trinajstić information content (AvgIpc) is 2.86. The molecule has 1 aliphatic carbocycles. The number of nitrogens with zero attached hydrogens (tertiary/aromatic N) is 1. The second-order valence-electron chi connectivity index (χ2n) is 9.13. The Hall–Kier alpha value is -3.23. The van der Waals surface area contributed by atoms with Crippen molar-refractivity contribution in [2.45, 2.75) is 37.9 Å². The molecule has 1 heterocycles. The molecule has 1 aromatic heterocycles. The fourth-order valence-corrected chi connectivity index (χ4v) is 5.40. The van der Waals surface area contributed by atoms with Crippen molar-refractivity contribution < 1.29 is 18.0 Å². The number of benzene rings is 2. The van der Waals surface area contributed by atoms with Crippen molar-refractivity contribution in [2.24, 2.45) is 5.92 Å². The van der Waals surface area contributed by atoms with Crippen LogP contribution in [0, 0.1) is 5.92 Å². The molecule has 2 N–H and O–H groups in total. The standard InChI is InChI=1S/C27H28ClN3O4S/c1-36(34,35)17-20-11-10-19(15-25(20)31-26(32)18-7-3-2-4-8-18)27(33)30-21-12-13-23(28)22(16-21)24-9-5-6-14-29-24/h5-6,9-16,18H,2-4,7-8,17H2,1H3,(H,30,33)(H,31,32). The minimum atomic E-state index is -3.35. The number of anilines is 2. The molecule has 0 spiro atoms. The highest BCUT2D eigenvalue weighted by Crippen LogP contribution is 2.30. The molecule has 7 nitrogen and oxygen atoms in total. The molecule has 2 aromatic carbocycles. The Labute approximate surface area is 216 Å². The van der Waals surface area contributed by atoms with Gasteiger partial charge in [-0.15, -0.1) is 0 Å². The first kappa shape index (κ1) is 25.9. The zero-order valence-corrected chi connectivity index (χ0v) is 21.5. The van der Waals surface area contributed by atoms with Gasteiger partial charge in [0.2, 0.25) is 5.91 Å². The van der Waals surface area contributed by atoms with E-state index in [-0.39, 0.29) is 17.6 Å². The first-order valence-electron chi connectivity index (χ1n) is 11.8. The van der Waals surface area contributed by atoms with Gasteiger partial charge in [-0.25, -0.2) is 8.42 Å². The van der Waals surface area contributed by atoms with Gasteiger partial charge in [-0.3, -0.25) is 14.6 Å². The summed E-state index contributed by atoms with van der Waals surface area (Å²) in [6, 6.07) is 15.3. The topological polar surface area (TPSA) is 105 Å². The summed E-state index contributed by atoms with van der Waals surface area (Å²) in [5.74, 6) is -0.885. The van der Waals surface area contributed by atoms with Gasteiger partial charge in [-0.05, 0) is 60.9 Å². The highest BCUT2D eigenvalue weighted by atomic mass is 35.5. The highest BCUT2D eigenvalue weighted by Gasteiger charge is 2.23. The quantitative estimate of drug-likeness (QED) is 0.410. The SMILES string of the molecule is CS(=O)(=O)Cc1ccc(C(=O)Nc2ccc(Cl)c(-c3ccccn3)c2)cc1NC(=O)C1CCCCC1. The molecule has 0 bridgehead atoms. The number of carbonyl (C=O) groups is 2. The van der Waals surface area contributed by atoms with Gasteiger partial charge in [-0.1, -0.05) is 43.0 Å². The minimum Gasteiger partial charge on any atom is -0.326 e. The highest BCUT2D eigenvalue weighted by molar-refractivity contribution is 7.89. The molecule has 36 heavy (non-hydrogen) atoms. The Morgan fingerprint density at radius 3 is 2.47 bits per heavy atom. The Bertz CT molecular complexity index is 1370. The van der Waals surface area contributed by atoms with Crippen LogP contribution >= 0.6 is 11.6 Å². The van der Waals surface area contributed by atoms with Gasteiger partial charge in [-0.2, -0.15) is 0 Å². The van der Waals surface area contributed by atoms with Gasteiger partial charge < -0.3 is 10.6 Å². The van der Waals surface area contributed by atoms with E-state index in [1.165, 1.54) is 6.07 Å². The van der Waals surface area contributed by atoms with E-state index in [9.17, 15) is 18.0 Å². The summed E-state index contributed by atoms with van der Waals surface area (Å²) in [7, 11) is -3.35. The van der Waals surface area contributed by atoms with Gasteiger partial charge in [0.15, 0.2) is 9.84 Å². The lowest BCUT2D eigenvalue weighted by atomic mass is 9.88. The van der Waals surface area contributed by atoms with Crippen molar-refractivity contribution in [2.75, 3.05) is 16.9 Å². The molecule has 0 radical (unpaired) electrons. The smallest absolute Gasteiger partial charge is 0.255 e. The van der Waals surface area contributed by atoms with Crippen LogP contribution < -0.4 is 10.6 Å². The van der Waals surface area contributed by atoms with E-state index in [2.05, 4.69) is 15.6 Å². The maximum atomic E-state index is 13.1. The average molecular weight is 526 g/mol. The number of halogens is 1. The molecule has 0 aliphatic heterocycles. The predicted molar refractivity (Wildman–Crippen MR) is 143 cm³/mol. The minimum absolute atomic E-state index is 0.110. The van der Waals surface area contributed by atoms with E-state index in [1.807, 2.05) is 12.1 Å². The first-order chi connectivity index (χ1) is 17.2. The zero-order chi connectivity index (χ0) is 25.7. The molecular weight excluding hydrogens is 498 g/mol. The van der Waals surface area contributed by atoms with E-state index < -0.39 is 15.7 Å². The van der Waals surface area contributed by atoms with Crippen LogP contribution in [-0.4, -0.2) is 31.5 Å². The lowest BCUT2D eigenvalue weighted by Crippen LogP contribution is -2.25. The first-order valence-corrected chi connectivity index (χ1v) is 14.3. The van der Waals surface area contributed by atoms with E-state index in [1.54, 1.807) is 42.6 Å². The predicted octanol–water partition coefficient (Wildman–Crippen LogP) is 5.72. The summed E-state index contributed by atoms with van der Waals surface area (Å²) in [5, 5.41) is 6.25. The molecule has 4 rings (SSSR count). The summed E-state index contributed by atoms with van der Waals surface area (Å²) in [6.45, 7) is 0. The lowest BCUT2D eigenvalue weighted by Gasteiger charge is -2.22. The third-order valence-electron chi connectivity index (χ3n) is 6.19. The molecule has 2 amide bonds. The van der Waals surface area contributed by atoms with Crippen LogP contribution in [0.15, 0.2) is 60.8 Å². The summed E-state index contributed by atoms with van der Waals surface area (Å²) < 4.78 is 23.9. The van der Waals surface area contributed by atoms with Crippen molar-refractivity contribution in [3.05, 3.63) is 76.9 Å². The second kappa shape index (κ2) is 11.2. The van der Waals surface area contributed by atoms with Gasteiger partial charge in [0.1, 0.15) is 0 Å². The van der Waals surface area contributed by atoms with Crippen LogP contribution in [0.25, 0.3) is 11.3 Å². The van der Waals surface area contributed by atoms with Crippen molar-refractivity contribution in [3.63, 3.8) is 0 Å². The number of hydrogen-bond donors (Lipinski definition) is 2. The summed E-state index contributed by atoms with van der Waals surface area (Å²) in [6.07, 6.45) is 7.53. The Kier molecular flexibility index (Phi) is 8.06. The van der Waals surface area contributed by atoms with Gasteiger partial charge >= 0.3 is 0 Å². The maximum Gasteiger partial charge on any atom is 0.255 e. The maximum absolute atomic E-state index is 13.1. The zero-order valence-electron chi connectivity index (χ0n) is 20.0. The molecule has 188 valence electrons. The largest absolute Gasteiger partial charge is 0.326 e. The Morgan fingerprint density at radius 2 is 1.78 bits per heavy atom. The van der Waals surface area contributed by atoms with E-state index >= 15 is 0 Å². The lowest BCUT2D eigenvalue weighted by molar-refractivity contribution is -0.120. The number of nitrogens with one attached hydrogen (secondary N) is 2. The van der Waals surface area contributed by atoms with Crippen LogP contribution in [0.4, 0.5) is 11.4 Å². The third kappa shape index (κ3) is 6.71. The van der Waals surface area contributed by atoms with Crippen molar-refractivity contribution in [1.29, 1.82) is 0 Å². The Balaban J connectivity index is 1.58. The van der Waals surface area contributed by atoms with Crippen LogP contribution in [0.5, 0.6) is 0 Å². The number of aromatic nitrogens is 1. The van der Waals surface area contributed by atoms with Crippen LogP contribution in [0.2, 0.25) is 5.02 Å². The van der Waals surface area contributed by atoms with Gasteiger partial charge in [0, 0.05) is 40.9 Å². The molecule has 1 fully saturated rings. The molecule has 1 aliphatic rings. The number of carbonyl (C=O) groups excluding carboxylic acids is 2. The number of pyridine rings is 1. The number of sulfone groups is 1. The molecule has 9 heteroatoms. The van der Waals surface area contributed by atoms with E-state index in [0.717, 1.165) is 38.4 Å². The fraction of sp³-hybridized carbons (Fsp3) is 0.296. The second-order valence-corrected chi connectivity index (χ2v) is 11.7. The number of rotatable bonds is 7. The van der Waals surface area contributed by atoms with Crippen LogP contribution in [0.1, 0.15) is 48.0 Å². The molecule has 1 saturated carbocycles. The summed E-state index contributed by atoms with van der Waals surface area (Å²) in [4.78, 5) is 30.3. The molecular formula is C27H28ClN3O4S. The number of amides is 2. The molecule has 3 aromatic rings. The van der Waals surface area contributed by atoms with E-state index in [4.69, 9.17) is 11.6 Å². The fourth-order valence-electron chi connectivity index (χ4n) is 4.37. The third-order valence-corrected chi connectivity index (χ3v) is 7.35. The molecule has 0 saturated heterocycles. The molecule has 0 unspecified atom stereocenters. The van der Waals surface area contributed by atoms with Gasteiger partial charge in [0.25, 0.3) is 5.91 Å².